The Labute approximate surface area is 206 Å². The zero-order valence-corrected chi connectivity index (χ0v) is 20.4. The number of anilines is 1. The molecule has 3 aromatic rings. The molecule has 0 unspecified atom stereocenters. The first kappa shape index (κ1) is 23.1. The minimum atomic E-state index is -0.391. The lowest BCUT2D eigenvalue weighted by molar-refractivity contribution is -0.145. The van der Waals surface area contributed by atoms with Gasteiger partial charge in [0.25, 0.3) is 5.91 Å². The standard InChI is InChI=1S/C26H24INO5/c1-2-31-25(29)17-33-21-6-3-5-18(15-21)13-14-32-24-8-4-7-22-23(24)16-28(26(22)30)20-11-9-19(27)10-12-20/h3-12,15H,2,13-14,16-17H2,1H3. The van der Waals surface area contributed by atoms with Crippen LogP contribution in [-0.4, -0.2) is 31.7 Å². The van der Waals surface area contributed by atoms with Gasteiger partial charge in [-0.05, 0) is 83.6 Å². The second kappa shape index (κ2) is 10.7. The van der Waals surface area contributed by atoms with Crippen LogP contribution < -0.4 is 14.4 Å². The van der Waals surface area contributed by atoms with Gasteiger partial charge in [-0.2, -0.15) is 0 Å². The molecule has 7 heteroatoms. The molecule has 1 heterocycles. The summed E-state index contributed by atoms with van der Waals surface area (Å²) in [4.78, 5) is 26.2. The van der Waals surface area contributed by atoms with Gasteiger partial charge in [0.15, 0.2) is 6.61 Å². The smallest absolute Gasteiger partial charge is 0.344 e. The summed E-state index contributed by atoms with van der Waals surface area (Å²) in [6, 6.07) is 21.1. The van der Waals surface area contributed by atoms with Gasteiger partial charge in [-0.3, -0.25) is 4.79 Å². The number of benzene rings is 3. The van der Waals surface area contributed by atoms with Gasteiger partial charge < -0.3 is 19.1 Å². The molecule has 0 spiro atoms. The van der Waals surface area contributed by atoms with E-state index < -0.39 is 5.97 Å². The molecule has 0 atom stereocenters. The molecule has 0 aromatic heterocycles. The maximum atomic E-state index is 12.9. The van der Waals surface area contributed by atoms with Gasteiger partial charge in [-0.15, -0.1) is 0 Å². The minimum absolute atomic E-state index is 0.0110. The molecular weight excluding hydrogens is 533 g/mol. The van der Waals surface area contributed by atoms with Crippen LogP contribution in [0.25, 0.3) is 0 Å². The first-order valence-corrected chi connectivity index (χ1v) is 11.8. The topological polar surface area (TPSA) is 65.1 Å². The summed E-state index contributed by atoms with van der Waals surface area (Å²) in [5.74, 6) is 0.935. The van der Waals surface area contributed by atoms with Crippen LogP contribution in [0.3, 0.4) is 0 Å². The van der Waals surface area contributed by atoms with E-state index in [1.54, 1.807) is 17.9 Å². The van der Waals surface area contributed by atoms with Crippen molar-refractivity contribution >= 4 is 40.2 Å². The average Bonchev–Trinajstić information content (AvgIpc) is 3.16. The Morgan fingerprint density at radius 1 is 1.03 bits per heavy atom. The number of halogens is 1. The third-order valence-electron chi connectivity index (χ3n) is 5.27. The number of rotatable bonds is 9. The van der Waals surface area contributed by atoms with E-state index in [0.29, 0.717) is 37.5 Å². The summed E-state index contributed by atoms with van der Waals surface area (Å²) in [6.07, 6.45) is 0.662. The van der Waals surface area contributed by atoms with Crippen molar-refractivity contribution in [3.8, 4) is 11.5 Å². The van der Waals surface area contributed by atoms with E-state index >= 15 is 0 Å². The number of carbonyl (C=O) groups is 2. The molecule has 0 bridgehead atoms. The van der Waals surface area contributed by atoms with Gasteiger partial charge >= 0.3 is 5.97 Å². The fraction of sp³-hybridized carbons (Fsp3) is 0.231. The SMILES string of the molecule is CCOC(=O)COc1cccc(CCOc2cccc3c2CN(c2ccc(I)cc2)C3=O)c1. The summed E-state index contributed by atoms with van der Waals surface area (Å²) >= 11 is 2.25. The van der Waals surface area contributed by atoms with Crippen LogP contribution in [0.1, 0.15) is 28.4 Å². The monoisotopic (exact) mass is 557 g/mol. The number of fused-ring (bicyclic) bond motifs is 1. The third-order valence-corrected chi connectivity index (χ3v) is 5.99. The number of carbonyl (C=O) groups excluding carboxylic acids is 2. The van der Waals surface area contributed by atoms with E-state index in [9.17, 15) is 9.59 Å². The van der Waals surface area contributed by atoms with Gasteiger partial charge in [0.2, 0.25) is 0 Å². The maximum absolute atomic E-state index is 12.9. The summed E-state index contributed by atoms with van der Waals surface area (Å²) in [7, 11) is 0. The Morgan fingerprint density at radius 3 is 2.61 bits per heavy atom. The molecule has 4 rings (SSSR count). The van der Waals surface area contributed by atoms with Crippen LogP contribution >= 0.6 is 22.6 Å². The van der Waals surface area contributed by atoms with Crippen molar-refractivity contribution in [1.82, 2.24) is 0 Å². The van der Waals surface area contributed by atoms with Crippen molar-refractivity contribution in [2.45, 2.75) is 19.9 Å². The molecular formula is C26H24INO5. The van der Waals surface area contributed by atoms with Crippen molar-refractivity contribution in [2.75, 3.05) is 24.7 Å². The van der Waals surface area contributed by atoms with Crippen molar-refractivity contribution in [2.24, 2.45) is 0 Å². The molecule has 0 N–H and O–H groups in total. The van der Waals surface area contributed by atoms with Crippen molar-refractivity contribution in [1.29, 1.82) is 0 Å². The zero-order chi connectivity index (χ0) is 23.2. The Kier molecular flexibility index (Phi) is 7.49. The molecule has 1 aliphatic heterocycles. The summed E-state index contributed by atoms with van der Waals surface area (Å²) in [6.45, 7) is 2.92. The lowest BCUT2D eigenvalue weighted by atomic mass is 10.1. The normalized spacial score (nSPS) is 12.4. The number of hydrogen-bond donors (Lipinski definition) is 0. The Hall–Kier alpha value is -3.07. The molecule has 33 heavy (non-hydrogen) atoms. The Bertz CT molecular complexity index is 1150. The number of esters is 1. The summed E-state index contributed by atoms with van der Waals surface area (Å²) in [5, 5.41) is 0. The average molecular weight is 557 g/mol. The Morgan fingerprint density at radius 2 is 1.82 bits per heavy atom. The molecule has 0 aliphatic carbocycles. The fourth-order valence-corrected chi connectivity index (χ4v) is 4.04. The molecule has 0 saturated carbocycles. The van der Waals surface area contributed by atoms with Gasteiger partial charge in [0.1, 0.15) is 11.5 Å². The fourth-order valence-electron chi connectivity index (χ4n) is 3.68. The van der Waals surface area contributed by atoms with Crippen LogP contribution in [0.5, 0.6) is 11.5 Å². The minimum Gasteiger partial charge on any atom is -0.493 e. The second-order valence-electron chi connectivity index (χ2n) is 7.49. The molecule has 3 aromatic carbocycles. The van der Waals surface area contributed by atoms with Gasteiger partial charge in [-0.1, -0.05) is 18.2 Å². The maximum Gasteiger partial charge on any atom is 0.344 e. The van der Waals surface area contributed by atoms with Crippen molar-refractivity contribution in [3.05, 3.63) is 87.0 Å². The van der Waals surface area contributed by atoms with Gasteiger partial charge in [-0.25, -0.2) is 4.79 Å². The molecule has 6 nitrogen and oxygen atoms in total. The molecule has 0 fully saturated rings. The lowest BCUT2D eigenvalue weighted by Gasteiger charge is -2.16. The Balaban J connectivity index is 1.37. The molecule has 0 saturated heterocycles. The second-order valence-corrected chi connectivity index (χ2v) is 8.74. The molecule has 0 radical (unpaired) electrons. The zero-order valence-electron chi connectivity index (χ0n) is 18.3. The predicted octanol–water partition coefficient (Wildman–Crippen LogP) is 5.02. The lowest BCUT2D eigenvalue weighted by Crippen LogP contribution is -2.22. The summed E-state index contributed by atoms with van der Waals surface area (Å²) < 4.78 is 17.6. The molecule has 170 valence electrons. The van der Waals surface area contributed by atoms with Crippen LogP contribution in [0, 0.1) is 3.57 Å². The number of ether oxygens (including phenoxy) is 3. The largest absolute Gasteiger partial charge is 0.493 e. The quantitative estimate of drug-likeness (QED) is 0.273. The first-order chi connectivity index (χ1) is 16.0. The van der Waals surface area contributed by atoms with Crippen LogP contribution in [0.4, 0.5) is 5.69 Å². The van der Waals surface area contributed by atoms with Gasteiger partial charge in [0, 0.05) is 26.8 Å². The number of nitrogens with zero attached hydrogens (tertiary/aromatic N) is 1. The van der Waals surface area contributed by atoms with E-state index in [4.69, 9.17) is 14.2 Å². The number of hydrogen-bond acceptors (Lipinski definition) is 5. The molecule has 1 aliphatic rings. The van der Waals surface area contributed by atoms with Crippen LogP contribution in [0.15, 0.2) is 66.7 Å². The third kappa shape index (κ3) is 5.65. The van der Waals surface area contributed by atoms with Crippen LogP contribution in [0.2, 0.25) is 0 Å². The van der Waals surface area contributed by atoms with E-state index in [1.807, 2.05) is 60.7 Å². The van der Waals surface area contributed by atoms with E-state index in [-0.39, 0.29) is 12.5 Å². The van der Waals surface area contributed by atoms with E-state index in [2.05, 4.69) is 22.6 Å². The highest BCUT2D eigenvalue weighted by Crippen LogP contribution is 2.34. The highest BCUT2D eigenvalue weighted by molar-refractivity contribution is 14.1. The highest BCUT2D eigenvalue weighted by atomic mass is 127. The summed E-state index contributed by atoms with van der Waals surface area (Å²) in [5.41, 5.74) is 3.50. The van der Waals surface area contributed by atoms with Crippen LogP contribution in [-0.2, 0) is 22.5 Å². The predicted molar refractivity (Wildman–Crippen MR) is 134 cm³/mol. The molecule has 1 amide bonds. The highest BCUT2D eigenvalue weighted by Gasteiger charge is 2.30. The first-order valence-electron chi connectivity index (χ1n) is 10.7. The number of amides is 1. The van der Waals surface area contributed by atoms with Gasteiger partial charge in [0.05, 0.1) is 19.8 Å². The van der Waals surface area contributed by atoms with Crippen molar-refractivity contribution < 1.29 is 23.8 Å². The van der Waals surface area contributed by atoms with Crippen molar-refractivity contribution in [3.63, 3.8) is 0 Å². The van der Waals surface area contributed by atoms with E-state index in [0.717, 1.165) is 26.1 Å². The van der Waals surface area contributed by atoms with E-state index in [1.165, 1.54) is 0 Å².